The number of ketones is 1. The summed E-state index contributed by atoms with van der Waals surface area (Å²) in [5, 5.41) is 14.2. The Morgan fingerprint density at radius 2 is 1.92 bits per heavy atom. The third kappa shape index (κ3) is 5.00. The number of aromatic nitrogens is 1. The van der Waals surface area contributed by atoms with E-state index in [-0.39, 0.29) is 17.9 Å². The van der Waals surface area contributed by atoms with Crippen molar-refractivity contribution in [2.45, 2.75) is 51.0 Å². The molecule has 3 unspecified atom stereocenters. The number of aryl methyl sites for hydroxylation is 1. The third-order valence-corrected chi connectivity index (χ3v) is 6.68. The van der Waals surface area contributed by atoms with Crippen LogP contribution in [0.5, 0.6) is 0 Å². The fourth-order valence-electron chi connectivity index (χ4n) is 4.89. The van der Waals surface area contributed by atoms with E-state index in [1.54, 1.807) is 36.7 Å². The lowest BCUT2D eigenvalue weighted by Gasteiger charge is -2.40. The van der Waals surface area contributed by atoms with Crippen molar-refractivity contribution in [3.05, 3.63) is 112 Å². The summed E-state index contributed by atoms with van der Waals surface area (Å²) in [7, 11) is 0. The summed E-state index contributed by atoms with van der Waals surface area (Å²) in [6.07, 6.45) is 3.35. The van der Waals surface area contributed by atoms with Gasteiger partial charge in [-0.3, -0.25) is 15.1 Å². The van der Waals surface area contributed by atoms with Gasteiger partial charge in [-0.25, -0.2) is 0 Å². The van der Waals surface area contributed by atoms with Gasteiger partial charge in [-0.1, -0.05) is 60.6 Å². The Kier molecular flexibility index (Phi) is 6.56. The average Bonchev–Trinajstić information content (AvgIpc) is 3.28. The lowest BCUT2D eigenvalue weighted by atomic mass is 9.82. The summed E-state index contributed by atoms with van der Waals surface area (Å²) in [5.41, 5.74) is 13.1. The number of benzene rings is 2. The molecule has 5 rings (SSSR count). The highest BCUT2D eigenvalue weighted by Crippen LogP contribution is 2.44. The monoisotopic (exact) mass is 495 g/mol. The molecule has 0 saturated heterocycles. The molecule has 0 bridgehead atoms. The van der Waals surface area contributed by atoms with Crippen LogP contribution in [0.1, 0.15) is 48.2 Å². The normalized spacial score (nSPS) is 21.8. The summed E-state index contributed by atoms with van der Waals surface area (Å²) >= 11 is 0. The van der Waals surface area contributed by atoms with Crippen LogP contribution in [0.25, 0.3) is 10.4 Å². The van der Waals surface area contributed by atoms with Crippen molar-refractivity contribution >= 4 is 17.2 Å². The number of hydrogen-bond donors (Lipinski definition) is 3. The van der Waals surface area contributed by atoms with Gasteiger partial charge in [-0.05, 0) is 49.1 Å². The van der Waals surface area contributed by atoms with Crippen LogP contribution < -0.4 is 16.0 Å². The number of nitrogens with one attached hydrogen (secondary N) is 3. The quantitative estimate of drug-likeness (QED) is 0.171. The Labute approximate surface area is 215 Å². The molecule has 2 aliphatic heterocycles. The highest BCUT2D eigenvalue weighted by Gasteiger charge is 2.49. The van der Waals surface area contributed by atoms with Crippen LogP contribution in [0.15, 0.2) is 89.6 Å². The molecule has 1 aromatic heterocycles. The van der Waals surface area contributed by atoms with Gasteiger partial charge in [-0.15, -0.1) is 0 Å². The SMILES string of the molecule is CCc1ccc(C2C3=C(NC(C)(C)NC3Nc3cccnc3)OC2C(=O)c2ccc(N=[N+]=[N-])cc2)cc1. The summed E-state index contributed by atoms with van der Waals surface area (Å²) in [6, 6.07) is 18.8. The van der Waals surface area contributed by atoms with Gasteiger partial charge in [0, 0.05) is 34.1 Å². The first-order chi connectivity index (χ1) is 17.9. The Morgan fingerprint density at radius 3 is 2.57 bits per heavy atom. The molecular formula is C28H29N7O2. The van der Waals surface area contributed by atoms with Crippen LogP contribution in [0.2, 0.25) is 0 Å². The minimum atomic E-state index is -0.774. The van der Waals surface area contributed by atoms with Crippen LogP contribution in [0.4, 0.5) is 11.4 Å². The van der Waals surface area contributed by atoms with E-state index >= 15 is 0 Å². The molecule has 3 atom stereocenters. The van der Waals surface area contributed by atoms with Crippen molar-refractivity contribution in [1.82, 2.24) is 15.6 Å². The molecule has 2 aromatic carbocycles. The molecular weight excluding hydrogens is 466 g/mol. The van der Waals surface area contributed by atoms with E-state index in [9.17, 15) is 4.79 Å². The largest absolute Gasteiger partial charge is 0.466 e. The molecule has 3 heterocycles. The van der Waals surface area contributed by atoms with Gasteiger partial charge in [0.25, 0.3) is 0 Å². The molecule has 9 nitrogen and oxygen atoms in total. The standard InChI is InChI=1S/C28H29N7O2/c1-4-17-7-9-18(10-8-17)22-23-26(31-21-6-5-15-30-16-21)32-28(2,3)33-27(23)37-25(22)24(36)19-11-13-20(14-12-19)34-35-29/h5-16,22,25-26,31-33H,4H2,1-3H3. The van der Waals surface area contributed by atoms with Crippen LogP contribution >= 0.6 is 0 Å². The predicted molar refractivity (Wildman–Crippen MR) is 142 cm³/mol. The summed E-state index contributed by atoms with van der Waals surface area (Å²) in [5.74, 6) is 0.112. The van der Waals surface area contributed by atoms with Crippen LogP contribution in [-0.2, 0) is 11.2 Å². The van der Waals surface area contributed by atoms with Gasteiger partial charge in [0.2, 0.25) is 5.78 Å². The number of anilines is 1. The maximum atomic E-state index is 13.9. The number of pyridine rings is 1. The number of nitrogens with zero attached hydrogens (tertiary/aromatic N) is 4. The first-order valence-corrected chi connectivity index (χ1v) is 12.3. The molecule has 188 valence electrons. The van der Waals surface area contributed by atoms with Crippen molar-refractivity contribution < 1.29 is 9.53 Å². The molecule has 0 saturated carbocycles. The van der Waals surface area contributed by atoms with Gasteiger partial charge in [0.1, 0.15) is 6.17 Å². The fourth-order valence-corrected chi connectivity index (χ4v) is 4.89. The smallest absolute Gasteiger partial charge is 0.204 e. The van der Waals surface area contributed by atoms with E-state index in [1.807, 2.05) is 26.0 Å². The highest BCUT2D eigenvalue weighted by molar-refractivity contribution is 6.01. The lowest BCUT2D eigenvalue weighted by Crippen LogP contribution is -2.62. The van der Waals surface area contributed by atoms with Crippen LogP contribution in [0, 0.1) is 0 Å². The van der Waals surface area contributed by atoms with Crippen molar-refractivity contribution in [2.75, 3.05) is 5.32 Å². The fraction of sp³-hybridized carbons (Fsp3) is 0.286. The Bertz CT molecular complexity index is 1360. The van der Waals surface area contributed by atoms with E-state index in [0.29, 0.717) is 17.1 Å². The molecule has 3 aromatic rings. The number of carbonyl (C=O) groups excluding carboxylic acids is 1. The molecule has 3 N–H and O–H groups in total. The van der Waals surface area contributed by atoms with E-state index in [1.165, 1.54) is 5.56 Å². The maximum absolute atomic E-state index is 13.9. The molecule has 2 aliphatic rings. The zero-order chi connectivity index (χ0) is 26.0. The Morgan fingerprint density at radius 1 is 1.16 bits per heavy atom. The summed E-state index contributed by atoms with van der Waals surface area (Å²) in [4.78, 5) is 20.9. The lowest BCUT2D eigenvalue weighted by molar-refractivity contribution is 0.0620. The molecule has 0 spiro atoms. The van der Waals surface area contributed by atoms with Crippen LogP contribution in [0.3, 0.4) is 0 Å². The van der Waals surface area contributed by atoms with Gasteiger partial charge in [0.15, 0.2) is 12.0 Å². The average molecular weight is 496 g/mol. The minimum Gasteiger partial charge on any atom is -0.466 e. The second kappa shape index (κ2) is 9.97. The second-order valence-corrected chi connectivity index (χ2v) is 9.71. The van der Waals surface area contributed by atoms with Crippen molar-refractivity contribution in [2.24, 2.45) is 5.11 Å². The van der Waals surface area contributed by atoms with Crippen molar-refractivity contribution in [3.63, 3.8) is 0 Å². The molecule has 0 radical (unpaired) electrons. The van der Waals surface area contributed by atoms with Gasteiger partial charge in [-0.2, -0.15) is 0 Å². The topological polar surface area (TPSA) is 124 Å². The van der Waals surface area contributed by atoms with Crippen molar-refractivity contribution in [3.8, 4) is 0 Å². The van der Waals surface area contributed by atoms with Crippen molar-refractivity contribution in [1.29, 1.82) is 0 Å². The first-order valence-electron chi connectivity index (χ1n) is 12.3. The molecule has 0 fully saturated rings. The molecule has 0 amide bonds. The third-order valence-electron chi connectivity index (χ3n) is 6.68. The van der Waals surface area contributed by atoms with Gasteiger partial charge in [0.05, 0.1) is 17.3 Å². The van der Waals surface area contributed by atoms with Crippen LogP contribution in [-0.4, -0.2) is 28.7 Å². The highest BCUT2D eigenvalue weighted by atomic mass is 16.5. The number of carbonyl (C=O) groups is 1. The second-order valence-electron chi connectivity index (χ2n) is 9.71. The number of ether oxygens (including phenoxy) is 1. The van der Waals surface area contributed by atoms with E-state index in [4.69, 9.17) is 10.3 Å². The Balaban J connectivity index is 1.56. The summed E-state index contributed by atoms with van der Waals surface area (Å²) in [6.45, 7) is 6.16. The van der Waals surface area contributed by atoms with Gasteiger partial charge < -0.3 is 15.4 Å². The predicted octanol–water partition coefficient (Wildman–Crippen LogP) is 5.53. The zero-order valence-corrected chi connectivity index (χ0v) is 21.0. The maximum Gasteiger partial charge on any atom is 0.204 e. The molecule has 0 aliphatic carbocycles. The number of Topliss-reactive ketones (excluding diaryl/α,β-unsaturated/α-hetero) is 1. The molecule has 37 heavy (non-hydrogen) atoms. The number of rotatable bonds is 7. The van der Waals surface area contributed by atoms with E-state index < -0.39 is 11.8 Å². The van der Waals surface area contributed by atoms with Gasteiger partial charge >= 0.3 is 0 Å². The first kappa shape index (κ1) is 24.4. The zero-order valence-electron chi connectivity index (χ0n) is 21.0. The van der Waals surface area contributed by atoms with E-state index in [2.05, 4.69) is 62.1 Å². The van der Waals surface area contributed by atoms with E-state index in [0.717, 1.165) is 23.2 Å². The Hall–Kier alpha value is -4.33. The minimum absolute atomic E-state index is 0.147. The summed E-state index contributed by atoms with van der Waals surface area (Å²) < 4.78 is 6.43. The number of hydrogen-bond acceptors (Lipinski definition) is 7. The number of azide groups is 1. The molecule has 9 heteroatoms.